The molecule has 96 valence electrons. The maximum atomic E-state index is 4.45. The van der Waals surface area contributed by atoms with E-state index in [2.05, 4.69) is 39.3 Å². The van der Waals surface area contributed by atoms with Crippen molar-refractivity contribution in [2.24, 2.45) is 0 Å². The fourth-order valence-corrected chi connectivity index (χ4v) is 2.23. The number of nitrogens with zero attached hydrogens (tertiary/aromatic N) is 2. The number of benzene rings is 1. The molecular formula is C15H16N4. The van der Waals surface area contributed by atoms with Gasteiger partial charge in [-0.25, -0.2) is 9.97 Å². The number of hydrogen-bond donors (Lipinski definition) is 2. The van der Waals surface area contributed by atoms with Gasteiger partial charge in [-0.05, 0) is 17.9 Å². The van der Waals surface area contributed by atoms with E-state index in [4.69, 9.17) is 0 Å². The van der Waals surface area contributed by atoms with Crippen LogP contribution >= 0.6 is 0 Å². The minimum atomic E-state index is 0.147. The summed E-state index contributed by atoms with van der Waals surface area (Å²) in [5.41, 5.74) is 0. The first kappa shape index (κ1) is 11.7. The Morgan fingerprint density at radius 1 is 1.16 bits per heavy atom. The maximum Gasteiger partial charge on any atom is 0.134 e. The molecule has 3 aromatic rings. The average molecular weight is 252 g/mol. The van der Waals surface area contributed by atoms with Gasteiger partial charge in [0.1, 0.15) is 11.6 Å². The van der Waals surface area contributed by atoms with E-state index in [1.807, 2.05) is 30.6 Å². The standard InChI is InChI=1S/C15H16N4/c1-2-13(15-17-9-10-18-15)19-14-12-6-4-3-5-11(12)7-8-16-14/h3-10,13H,2H2,1H3,(H,16,19)(H,17,18). The lowest BCUT2D eigenvalue weighted by Gasteiger charge is -2.16. The molecule has 1 aromatic carbocycles. The molecule has 4 nitrogen and oxygen atoms in total. The molecule has 2 heterocycles. The summed E-state index contributed by atoms with van der Waals surface area (Å²) in [6, 6.07) is 10.4. The van der Waals surface area contributed by atoms with Crippen LogP contribution in [0.15, 0.2) is 48.9 Å². The van der Waals surface area contributed by atoms with Gasteiger partial charge in [-0.2, -0.15) is 0 Å². The van der Waals surface area contributed by atoms with Crippen molar-refractivity contribution < 1.29 is 0 Å². The van der Waals surface area contributed by atoms with Crippen LogP contribution in [0.5, 0.6) is 0 Å². The molecule has 0 spiro atoms. The monoisotopic (exact) mass is 252 g/mol. The highest BCUT2D eigenvalue weighted by Gasteiger charge is 2.13. The third-order valence-corrected chi connectivity index (χ3v) is 3.24. The van der Waals surface area contributed by atoms with Crippen LogP contribution < -0.4 is 5.32 Å². The highest BCUT2D eigenvalue weighted by molar-refractivity contribution is 5.91. The van der Waals surface area contributed by atoms with E-state index in [9.17, 15) is 0 Å². The van der Waals surface area contributed by atoms with Gasteiger partial charge in [-0.15, -0.1) is 0 Å². The van der Waals surface area contributed by atoms with Crippen molar-refractivity contribution in [1.29, 1.82) is 0 Å². The zero-order chi connectivity index (χ0) is 13.1. The zero-order valence-corrected chi connectivity index (χ0v) is 10.8. The van der Waals surface area contributed by atoms with Gasteiger partial charge >= 0.3 is 0 Å². The summed E-state index contributed by atoms with van der Waals surface area (Å²) in [6.45, 7) is 2.13. The molecule has 2 aromatic heterocycles. The Hall–Kier alpha value is -2.36. The SMILES string of the molecule is CCC(Nc1nccc2ccccc12)c1ncc[nH]1. The van der Waals surface area contributed by atoms with Gasteiger partial charge < -0.3 is 10.3 Å². The minimum absolute atomic E-state index is 0.147. The summed E-state index contributed by atoms with van der Waals surface area (Å²) in [5.74, 6) is 1.85. The fourth-order valence-electron chi connectivity index (χ4n) is 2.23. The molecule has 19 heavy (non-hydrogen) atoms. The van der Waals surface area contributed by atoms with Crippen molar-refractivity contribution >= 4 is 16.6 Å². The van der Waals surface area contributed by atoms with E-state index in [0.717, 1.165) is 23.4 Å². The van der Waals surface area contributed by atoms with Gasteiger partial charge in [0.2, 0.25) is 0 Å². The van der Waals surface area contributed by atoms with E-state index < -0.39 is 0 Å². The lowest BCUT2D eigenvalue weighted by molar-refractivity contribution is 0.701. The molecule has 3 rings (SSSR count). The summed E-state index contributed by atoms with van der Waals surface area (Å²) in [7, 11) is 0. The maximum absolute atomic E-state index is 4.45. The number of fused-ring (bicyclic) bond motifs is 1. The fraction of sp³-hybridized carbons (Fsp3) is 0.200. The zero-order valence-electron chi connectivity index (χ0n) is 10.8. The van der Waals surface area contributed by atoms with Crippen molar-refractivity contribution in [3.05, 3.63) is 54.7 Å². The largest absolute Gasteiger partial charge is 0.360 e. The van der Waals surface area contributed by atoms with Gasteiger partial charge in [0, 0.05) is 24.0 Å². The molecule has 0 saturated carbocycles. The summed E-state index contributed by atoms with van der Waals surface area (Å²) < 4.78 is 0. The van der Waals surface area contributed by atoms with Crippen LogP contribution in [0, 0.1) is 0 Å². The van der Waals surface area contributed by atoms with E-state index in [1.165, 1.54) is 5.39 Å². The number of imidazole rings is 1. The highest BCUT2D eigenvalue weighted by atomic mass is 15.1. The van der Waals surface area contributed by atoms with E-state index in [-0.39, 0.29) is 6.04 Å². The third kappa shape index (κ3) is 2.29. The molecule has 2 N–H and O–H groups in total. The van der Waals surface area contributed by atoms with E-state index in [0.29, 0.717) is 0 Å². The predicted molar refractivity (Wildman–Crippen MR) is 77.0 cm³/mol. The van der Waals surface area contributed by atoms with Gasteiger partial charge in [0.05, 0.1) is 6.04 Å². The Morgan fingerprint density at radius 2 is 2.05 bits per heavy atom. The van der Waals surface area contributed by atoms with Gasteiger partial charge in [0.15, 0.2) is 0 Å². The second-order valence-electron chi connectivity index (χ2n) is 4.46. The van der Waals surface area contributed by atoms with Crippen LogP contribution in [-0.4, -0.2) is 15.0 Å². The lowest BCUT2D eigenvalue weighted by Crippen LogP contribution is -2.12. The molecule has 0 radical (unpaired) electrons. The van der Waals surface area contributed by atoms with Crippen LogP contribution in [0.3, 0.4) is 0 Å². The summed E-state index contributed by atoms with van der Waals surface area (Å²) in [5, 5.41) is 5.79. The molecule has 0 aliphatic rings. The van der Waals surface area contributed by atoms with Crippen LogP contribution in [0.1, 0.15) is 25.2 Å². The Morgan fingerprint density at radius 3 is 2.84 bits per heavy atom. The topological polar surface area (TPSA) is 53.6 Å². The van der Waals surface area contributed by atoms with Crippen molar-refractivity contribution in [2.45, 2.75) is 19.4 Å². The van der Waals surface area contributed by atoms with Crippen LogP contribution in [0.4, 0.5) is 5.82 Å². The second kappa shape index (κ2) is 5.10. The summed E-state index contributed by atoms with van der Waals surface area (Å²) >= 11 is 0. The first-order valence-electron chi connectivity index (χ1n) is 6.48. The van der Waals surface area contributed by atoms with Crippen LogP contribution in [0.25, 0.3) is 10.8 Å². The van der Waals surface area contributed by atoms with Gasteiger partial charge in [0.25, 0.3) is 0 Å². The molecule has 0 bridgehead atoms. The number of aromatic nitrogens is 3. The van der Waals surface area contributed by atoms with Crippen LogP contribution in [0.2, 0.25) is 0 Å². The highest BCUT2D eigenvalue weighted by Crippen LogP contribution is 2.25. The number of hydrogen-bond acceptors (Lipinski definition) is 3. The van der Waals surface area contributed by atoms with E-state index >= 15 is 0 Å². The Labute approximate surface area is 111 Å². The molecule has 4 heteroatoms. The number of rotatable bonds is 4. The smallest absolute Gasteiger partial charge is 0.134 e. The average Bonchev–Trinajstić information content (AvgIpc) is 2.99. The molecule has 0 amide bonds. The van der Waals surface area contributed by atoms with Crippen LogP contribution in [-0.2, 0) is 0 Å². The lowest BCUT2D eigenvalue weighted by atomic mass is 10.1. The number of anilines is 1. The molecule has 0 saturated heterocycles. The molecule has 0 aliphatic heterocycles. The molecule has 1 unspecified atom stereocenters. The first-order valence-corrected chi connectivity index (χ1v) is 6.48. The summed E-state index contributed by atoms with van der Waals surface area (Å²) in [4.78, 5) is 11.9. The summed E-state index contributed by atoms with van der Waals surface area (Å²) in [6.07, 6.45) is 6.39. The van der Waals surface area contributed by atoms with Crippen molar-refractivity contribution in [1.82, 2.24) is 15.0 Å². The Bertz CT molecular complexity index is 655. The number of nitrogens with one attached hydrogen (secondary N) is 2. The molecule has 0 fully saturated rings. The Balaban J connectivity index is 1.96. The predicted octanol–water partition coefficient (Wildman–Crippen LogP) is 3.52. The number of H-pyrrole nitrogens is 1. The second-order valence-corrected chi connectivity index (χ2v) is 4.46. The first-order chi connectivity index (χ1) is 9.38. The van der Waals surface area contributed by atoms with Crippen molar-refractivity contribution in [3.63, 3.8) is 0 Å². The normalized spacial score (nSPS) is 12.5. The Kier molecular flexibility index (Phi) is 3.14. The van der Waals surface area contributed by atoms with Gasteiger partial charge in [-0.1, -0.05) is 31.2 Å². The molecule has 0 aliphatic carbocycles. The number of aromatic amines is 1. The number of pyridine rings is 1. The molecule has 1 atom stereocenters. The minimum Gasteiger partial charge on any atom is -0.360 e. The quantitative estimate of drug-likeness (QED) is 0.747. The van der Waals surface area contributed by atoms with Crippen molar-refractivity contribution in [2.75, 3.05) is 5.32 Å². The third-order valence-electron chi connectivity index (χ3n) is 3.24. The van der Waals surface area contributed by atoms with E-state index in [1.54, 1.807) is 6.20 Å². The van der Waals surface area contributed by atoms with Gasteiger partial charge in [-0.3, -0.25) is 0 Å². The van der Waals surface area contributed by atoms with Crippen molar-refractivity contribution in [3.8, 4) is 0 Å². The molecular weight excluding hydrogens is 236 g/mol.